The lowest BCUT2D eigenvalue weighted by Gasteiger charge is -2.53. The molecule has 0 heterocycles. The molecule has 0 aliphatic carbocycles. The zero-order valence-electron chi connectivity index (χ0n) is 19.3. The molecule has 0 amide bonds. The smallest absolute Gasteiger partial charge is 0.355 e. The van der Waals surface area contributed by atoms with E-state index in [4.69, 9.17) is 2.74 Å². The molecule has 0 saturated heterocycles. The van der Waals surface area contributed by atoms with Crippen LogP contribution in [0.25, 0.3) is 0 Å². The van der Waals surface area contributed by atoms with Gasteiger partial charge >= 0.3 is 47.0 Å². The summed E-state index contributed by atoms with van der Waals surface area (Å²) in [4.78, 5) is 46.5. The van der Waals surface area contributed by atoms with Gasteiger partial charge in [-0.1, -0.05) is 0 Å². The van der Waals surface area contributed by atoms with Crippen molar-refractivity contribution < 1.29 is 81.0 Å². The number of carbonyl (C=O) groups is 4. The van der Waals surface area contributed by atoms with Crippen molar-refractivity contribution in [3.05, 3.63) is 0 Å². The van der Waals surface area contributed by atoms with Crippen LogP contribution in [0.2, 0.25) is 0 Å². The van der Waals surface area contributed by atoms with Gasteiger partial charge in [0.2, 0.25) is 6.29 Å². The maximum absolute atomic E-state index is 11.8. The standard InChI is InChI=1S/C16H26O16/c1-7(17)29-12(22)13(23,28-6)15(25,31-9(3)19)16(26,32-10(4)20)14(24,11(21)27-5)30-8(2)18/h11-12,21-26H,1-6H3/t11?,12?,13-,14+,15+,16+/m1/s1/i5D,6D. The molecule has 32 heavy (non-hydrogen) atoms. The van der Waals surface area contributed by atoms with Crippen LogP contribution in [-0.2, 0) is 47.6 Å². The molecule has 16 heteroatoms. The van der Waals surface area contributed by atoms with Gasteiger partial charge in [-0.05, 0) is 0 Å². The molecule has 0 aliphatic rings. The van der Waals surface area contributed by atoms with E-state index in [2.05, 4.69) is 28.4 Å². The molecule has 6 atom stereocenters. The Balaban J connectivity index is 7.59. The van der Waals surface area contributed by atoms with Crippen LogP contribution >= 0.6 is 0 Å². The Morgan fingerprint density at radius 3 is 1.47 bits per heavy atom. The van der Waals surface area contributed by atoms with Crippen molar-refractivity contribution in [3.8, 4) is 0 Å². The average molecular weight is 476 g/mol. The second-order valence-electron chi connectivity index (χ2n) is 6.09. The molecular weight excluding hydrogens is 448 g/mol. The van der Waals surface area contributed by atoms with Crippen LogP contribution in [0.4, 0.5) is 0 Å². The molecule has 2 unspecified atom stereocenters. The summed E-state index contributed by atoms with van der Waals surface area (Å²) in [5, 5.41) is 64.6. The van der Waals surface area contributed by atoms with E-state index in [0.29, 0.717) is 27.7 Å². The van der Waals surface area contributed by atoms with Crippen molar-refractivity contribution in [3.63, 3.8) is 0 Å². The highest BCUT2D eigenvalue weighted by Crippen LogP contribution is 2.46. The lowest BCUT2D eigenvalue weighted by molar-refractivity contribution is -0.535. The van der Waals surface area contributed by atoms with Crippen LogP contribution in [0.15, 0.2) is 0 Å². The molecule has 0 spiro atoms. The third-order valence-electron chi connectivity index (χ3n) is 3.64. The van der Waals surface area contributed by atoms with Crippen molar-refractivity contribution in [1.82, 2.24) is 0 Å². The van der Waals surface area contributed by atoms with Crippen molar-refractivity contribution in [1.29, 1.82) is 0 Å². The summed E-state index contributed by atoms with van der Waals surface area (Å²) in [6, 6.07) is 0. The van der Waals surface area contributed by atoms with E-state index in [1.807, 2.05) is 0 Å². The molecule has 0 aromatic heterocycles. The molecule has 186 valence electrons. The highest BCUT2D eigenvalue weighted by atomic mass is 16.8. The fourth-order valence-corrected chi connectivity index (χ4v) is 2.38. The second-order valence-corrected chi connectivity index (χ2v) is 6.09. The number of aliphatic hydroxyl groups is 6. The van der Waals surface area contributed by atoms with Crippen molar-refractivity contribution >= 4 is 23.9 Å². The molecule has 16 nitrogen and oxygen atoms in total. The first-order chi connectivity index (χ1) is 15.4. The number of rotatable bonds is 11. The Kier molecular flexibility index (Phi) is 8.43. The lowest BCUT2D eigenvalue weighted by Crippen LogP contribution is -2.83. The average Bonchev–Trinajstić information content (AvgIpc) is 2.65. The summed E-state index contributed by atoms with van der Waals surface area (Å²) in [6.45, 7) is 2.21. The van der Waals surface area contributed by atoms with Gasteiger partial charge in [-0.2, -0.15) is 0 Å². The van der Waals surface area contributed by atoms with Crippen LogP contribution in [0.3, 0.4) is 0 Å². The van der Waals surface area contributed by atoms with Crippen LogP contribution in [0, 0.1) is 0 Å². The van der Waals surface area contributed by atoms with Gasteiger partial charge in [-0.3, -0.25) is 19.2 Å². The quantitative estimate of drug-likeness (QED) is 0.0942. The number of aliphatic hydroxyl groups excluding tert-OH is 2. The van der Waals surface area contributed by atoms with Crippen LogP contribution in [0.5, 0.6) is 0 Å². The molecule has 0 aliphatic heterocycles. The number of methoxy groups -OCH3 is 2. The molecule has 0 bridgehead atoms. The number of hydrogen-bond donors (Lipinski definition) is 6. The normalized spacial score (nSPS) is 21.6. The van der Waals surface area contributed by atoms with Gasteiger partial charge in [-0.25, -0.2) is 0 Å². The fourth-order valence-electron chi connectivity index (χ4n) is 2.38. The summed E-state index contributed by atoms with van der Waals surface area (Å²) in [5.74, 6) is -24.1. The predicted octanol–water partition coefficient (Wildman–Crippen LogP) is -4.08. The maximum atomic E-state index is 11.8. The van der Waals surface area contributed by atoms with Crippen LogP contribution in [0.1, 0.15) is 30.4 Å². The minimum Gasteiger partial charge on any atom is -0.430 e. The number of carbonyl (C=O) groups excluding carboxylic acids is 4. The van der Waals surface area contributed by atoms with Gasteiger partial charge in [0.1, 0.15) is 0 Å². The van der Waals surface area contributed by atoms with E-state index in [1.165, 1.54) is 0 Å². The van der Waals surface area contributed by atoms with Crippen molar-refractivity contribution in [2.45, 2.75) is 63.4 Å². The minimum atomic E-state index is -4.62. The van der Waals surface area contributed by atoms with Crippen molar-refractivity contribution in [2.75, 3.05) is 14.2 Å². The van der Waals surface area contributed by atoms with Gasteiger partial charge in [0.05, 0.1) is 2.74 Å². The lowest BCUT2D eigenvalue weighted by atomic mass is 9.87. The topological polar surface area (TPSA) is 245 Å². The van der Waals surface area contributed by atoms with Gasteiger partial charge in [0.15, 0.2) is 0 Å². The third-order valence-corrected chi connectivity index (χ3v) is 3.64. The minimum absolute atomic E-state index is 0.498. The van der Waals surface area contributed by atoms with Gasteiger partial charge < -0.3 is 59.1 Å². The van der Waals surface area contributed by atoms with Crippen LogP contribution in [-0.4, -0.2) is 104 Å². The Morgan fingerprint density at radius 2 is 1.12 bits per heavy atom. The summed E-state index contributed by atoms with van der Waals surface area (Å²) in [6.07, 6.45) is -6.32. The zero-order chi connectivity index (χ0) is 27.1. The first-order valence-corrected chi connectivity index (χ1v) is 8.24. The largest absolute Gasteiger partial charge is 0.430 e. The first kappa shape index (κ1) is 25.8. The molecule has 0 saturated carbocycles. The molecule has 0 fully saturated rings. The number of ether oxygens (including phenoxy) is 6. The Morgan fingerprint density at radius 1 is 0.688 bits per heavy atom. The predicted molar refractivity (Wildman–Crippen MR) is 92.9 cm³/mol. The number of esters is 4. The summed E-state index contributed by atoms with van der Waals surface area (Å²) >= 11 is 0. The second kappa shape index (κ2) is 10.5. The van der Waals surface area contributed by atoms with Gasteiger partial charge in [-0.15, -0.1) is 0 Å². The first-order valence-electron chi connectivity index (χ1n) is 9.65. The van der Waals surface area contributed by atoms with E-state index >= 15 is 0 Å². The van der Waals surface area contributed by atoms with E-state index in [0.717, 1.165) is 0 Å². The van der Waals surface area contributed by atoms with Crippen LogP contribution < -0.4 is 0 Å². The van der Waals surface area contributed by atoms with E-state index in [1.54, 1.807) is 0 Å². The van der Waals surface area contributed by atoms with E-state index < -0.39 is 73.8 Å². The van der Waals surface area contributed by atoms with Crippen molar-refractivity contribution in [2.24, 2.45) is 0 Å². The highest BCUT2D eigenvalue weighted by Gasteiger charge is 2.82. The summed E-state index contributed by atoms with van der Waals surface area (Å²) in [7, 11) is -2.72. The third kappa shape index (κ3) is 5.30. The molecule has 0 aromatic rings. The monoisotopic (exact) mass is 476 g/mol. The molecular formula is C16H26O16. The molecule has 0 radical (unpaired) electrons. The number of hydrogen-bond acceptors (Lipinski definition) is 16. The molecule has 0 aromatic carbocycles. The van der Waals surface area contributed by atoms with E-state index in [-0.39, 0.29) is 0 Å². The van der Waals surface area contributed by atoms with E-state index in [9.17, 15) is 49.8 Å². The molecule has 0 rings (SSSR count). The summed E-state index contributed by atoms with van der Waals surface area (Å²) in [5.41, 5.74) is 0. The maximum Gasteiger partial charge on any atom is 0.355 e. The van der Waals surface area contributed by atoms with Gasteiger partial charge in [0, 0.05) is 41.9 Å². The fraction of sp³-hybridized carbons (Fsp3) is 0.750. The highest BCUT2D eigenvalue weighted by molar-refractivity contribution is 5.69. The Bertz CT molecular complexity index is 765. The Hall–Kier alpha value is -2.44. The SMILES string of the molecule is [2H]COC(O)[C@](O)(OC(C)=O)[C@](O)(OC(C)=O)[C@@](O)(OC(C)=O)[C@](O)(OC[2H])C(O)OC(C)=O. The van der Waals surface area contributed by atoms with Gasteiger partial charge in [0.25, 0.3) is 6.29 Å². The Labute approximate surface area is 183 Å². The summed E-state index contributed by atoms with van der Waals surface area (Å²) < 4.78 is 40.3. The molecule has 6 N–H and O–H groups in total. The zero-order valence-corrected chi connectivity index (χ0v) is 17.3.